The van der Waals surface area contributed by atoms with E-state index in [1.165, 1.54) is 0 Å². The number of carbonyl (C=O) groups excluding carboxylic acids is 1. The van der Waals surface area contributed by atoms with Crippen molar-refractivity contribution < 1.29 is 14.3 Å². The Balaban J connectivity index is 0.00000242. The molecule has 1 saturated heterocycles. The molecule has 0 atom stereocenters. The number of benzene rings is 1. The summed E-state index contributed by atoms with van der Waals surface area (Å²) in [5.74, 6) is 0.873. The number of nitrogens with two attached hydrogens (primary N) is 1. The van der Waals surface area contributed by atoms with Crippen molar-refractivity contribution in [2.45, 2.75) is 26.3 Å². The van der Waals surface area contributed by atoms with Gasteiger partial charge in [0.2, 0.25) is 5.91 Å². The number of ether oxygens (including phenoxy) is 2. The number of nitrogens with one attached hydrogen (secondary N) is 1. The minimum Gasteiger partial charge on any atom is -0.494 e. The van der Waals surface area contributed by atoms with Crippen molar-refractivity contribution in [1.82, 2.24) is 5.32 Å². The highest BCUT2D eigenvalue weighted by atomic mass is 35.5. The first-order valence-corrected chi connectivity index (χ1v) is 7.48. The van der Waals surface area contributed by atoms with Gasteiger partial charge < -0.3 is 20.5 Å². The van der Waals surface area contributed by atoms with Crippen LogP contribution < -0.4 is 15.8 Å². The largest absolute Gasteiger partial charge is 0.494 e. The van der Waals surface area contributed by atoms with Crippen molar-refractivity contribution >= 4 is 18.3 Å². The zero-order chi connectivity index (χ0) is 15.1. The van der Waals surface area contributed by atoms with Crippen LogP contribution in [0.5, 0.6) is 5.75 Å². The molecule has 0 spiro atoms. The third-order valence-corrected chi connectivity index (χ3v) is 4.01. The van der Waals surface area contributed by atoms with E-state index in [9.17, 15) is 4.79 Å². The van der Waals surface area contributed by atoms with Crippen molar-refractivity contribution in [3.05, 3.63) is 29.8 Å². The molecule has 6 heteroatoms. The van der Waals surface area contributed by atoms with E-state index >= 15 is 0 Å². The highest BCUT2D eigenvalue weighted by molar-refractivity contribution is 5.85. The number of rotatable bonds is 6. The van der Waals surface area contributed by atoms with Gasteiger partial charge in [-0.2, -0.15) is 0 Å². The predicted octanol–water partition coefficient (Wildman–Crippen LogP) is 1.88. The van der Waals surface area contributed by atoms with Gasteiger partial charge in [-0.15, -0.1) is 12.4 Å². The van der Waals surface area contributed by atoms with Gasteiger partial charge in [-0.3, -0.25) is 4.79 Å². The Labute approximate surface area is 138 Å². The molecule has 1 aromatic rings. The zero-order valence-electron chi connectivity index (χ0n) is 13.0. The summed E-state index contributed by atoms with van der Waals surface area (Å²) >= 11 is 0. The maximum Gasteiger partial charge on any atom is 0.227 e. The van der Waals surface area contributed by atoms with E-state index in [0.29, 0.717) is 45.8 Å². The predicted molar refractivity (Wildman–Crippen MR) is 88.2 cm³/mol. The summed E-state index contributed by atoms with van der Waals surface area (Å²) in [6, 6.07) is 7.75. The Hall–Kier alpha value is -1.30. The second-order valence-electron chi connectivity index (χ2n) is 5.36. The van der Waals surface area contributed by atoms with Crippen molar-refractivity contribution in [3.63, 3.8) is 0 Å². The summed E-state index contributed by atoms with van der Waals surface area (Å²) < 4.78 is 10.7. The average molecular weight is 329 g/mol. The van der Waals surface area contributed by atoms with Crippen molar-refractivity contribution in [1.29, 1.82) is 0 Å². The Morgan fingerprint density at radius 2 is 1.95 bits per heavy atom. The molecule has 0 radical (unpaired) electrons. The average Bonchev–Trinajstić information content (AvgIpc) is 2.55. The van der Waals surface area contributed by atoms with Gasteiger partial charge >= 0.3 is 0 Å². The first kappa shape index (κ1) is 18.7. The maximum absolute atomic E-state index is 12.4. The van der Waals surface area contributed by atoms with Crippen LogP contribution in [0.15, 0.2) is 24.3 Å². The van der Waals surface area contributed by atoms with E-state index in [0.717, 1.165) is 11.3 Å². The Kier molecular flexibility index (Phi) is 7.65. The summed E-state index contributed by atoms with van der Waals surface area (Å²) in [6.45, 7) is 4.69. The monoisotopic (exact) mass is 328 g/mol. The zero-order valence-corrected chi connectivity index (χ0v) is 13.8. The van der Waals surface area contributed by atoms with E-state index in [1.54, 1.807) is 0 Å². The standard InChI is InChI=1S/C16H24N2O3.ClH/c1-2-21-14-5-3-13(4-6-14)11-18-15(19)16(12-17)7-9-20-10-8-16;/h3-6H,2,7-12,17H2,1H3,(H,18,19);1H. The highest BCUT2D eigenvalue weighted by Crippen LogP contribution is 2.29. The summed E-state index contributed by atoms with van der Waals surface area (Å²) in [5, 5.41) is 3.00. The van der Waals surface area contributed by atoms with Crippen LogP contribution in [0.3, 0.4) is 0 Å². The summed E-state index contributed by atoms with van der Waals surface area (Å²) in [6.07, 6.45) is 1.39. The van der Waals surface area contributed by atoms with Crippen LogP contribution in [0.1, 0.15) is 25.3 Å². The van der Waals surface area contributed by atoms with Gasteiger partial charge in [0.25, 0.3) is 0 Å². The normalized spacial score (nSPS) is 16.5. The van der Waals surface area contributed by atoms with Gasteiger partial charge in [0.15, 0.2) is 0 Å². The van der Waals surface area contributed by atoms with Crippen molar-refractivity contribution in [2.75, 3.05) is 26.4 Å². The summed E-state index contributed by atoms with van der Waals surface area (Å²) in [5.41, 5.74) is 6.41. The molecule has 0 bridgehead atoms. The van der Waals surface area contributed by atoms with Gasteiger partial charge in [-0.25, -0.2) is 0 Å². The second-order valence-corrected chi connectivity index (χ2v) is 5.36. The lowest BCUT2D eigenvalue weighted by atomic mass is 9.79. The number of hydrogen-bond acceptors (Lipinski definition) is 4. The molecule has 124 valence electrons. The number of amides is 1. The Morgan fingerprint density at radius 1 is 1.32 bits per heavy atom. The lowest BCUT2D eigenvalue weighted by Crippen LogP contribution is -2.48. The van der Waals surface area contributed by atoms with Gasteiger partial charge in [0.05, 0.1) is 12.0 Å². The topological polar surface area (TPSA) is 73.6 Å². The molecule has 0 aliphatic carbocycles. The molecule has 0 unspecified atom stereocenters. The Bertz CT molecular complexity index is 459. The maximum atomic E-state index is 12.4. The molecule has 3 N–H and O–H groups in total. The molecule has 1 aromatic carbocycles. The molecule has 1 fully saturated rings. The van der Waals surface area contributed by atoms with E-state index < -0.39 is 5.41 Å². The molecule has 5 nitrogen and oxygen atoms in total. The Morgan fingerprint density at radius 3 is 2.50 bits per heavy atom. The second kappa shape index (κ2) is 8.98. The summed E-state index contributed by atoms with van der Waals surface area (Å²) in [7, 11) is 0. The molecule has 0 saturated carbocycles. The van der Waals surface area contributed by atoms with Crippen molar-refractivity contribution in [3.8, 4) is 5.75 Å². The van der Waals surface area contributed by atoms with Crippen LogP contribution in [0.2, 0.25) is 0 Å². The van der Waals surface area contributed by atoms with Gasteiger partial charge in [-0.1, -0.05) is 12.1 Å². The van der Waals surface area contributed by atoms with Gasteiger partial charge in [-0.05, 0) is 37.5 Å². The molecular formula is C16H25ClN2O3. The molecule has 1 heterocycles. The minimum absolute atomic E-state index is 0. The fraction of sp³-hybridized carbons (Fsp3) is 0.562. The minimum atomic E-state index is -0.469. The molecule has 0 aromatic heterocycles. The molecule has 2 rings (SSSR count). The number of halogens is 1. The molecule has 22 heavy (non-hydrogen) atoms. The molecule has 1 aliphatic rings. The first-order chi connectivity index (χ1) is 10.2. The third kappa shape index (κ3) is 4.60. The van der Waals surface area contributed by atoms with Crippen LogP contribution in [0, 0.1) is 5.41 Å². The number of carbonyl (C=O) groups is 1. The lowest BCUT2D eigenvalue weighted by Gasteiger charge is -2.34. The molecular weight excluding hydrogens is 304 g/mol. The van der Waals surface area contributed by atoms with E-state index in [4.69, 9.17) is 15.2 Å². The fourth-order valence-corrected chi connectivity index (χ4v) is 2.53. The molecule has 1 aliphatic heterocycles. The van der Waals surface area contributed by atoms with Crippen LogP contribution in [-0.2, 0) is 16.1 Å². The SMILES string of the molecule is CCOc1ccc(CNC(=O)C2(CN)CCOCC2)cc1.Cl. The van der Waals surface area contributed by atoms with Crippen LogP contribution in [-0.4, -0.2) is 32.3 Å². The third-order valence-electron chi connectivity index (χ3n) is 4.01. The van der Waals surface area contributed by atoms with E-state index in [2.05, 4.69) is 5.32 Å². The van der Waals surface area contributed by atoms with Crippen LogP contribution in [0.4, 0.5) is 0 Å². The quantitative estimate of drug-likeness (QED) is 0.836. The van der Waals surface area contributed by atoms with Gasteiger partial charge in [0.1, 0.15) is 5.75 Å². The highest BCUT2D eigenvalue weighted by Gasteiger charge is 2.38. The number of hydrogen-bond donors (Lipinski definition) is 2. The fourth-order valence-electron chi connectivity index (χ4n) is 2.53. The lowest BCUT2D eigenvalue weighted by molar-refractivity contribution is -0.136. The first-order valence-electron chi connectivity index (χ1n) is 7.48. The van der Waals surface area contributed by atoms with Crippen LogP contribution >= 0.6 is 12.4 Å². The van der Waals surface area contributed by atoms with E-state index in [-0.39, 0.29) is 18.3 Å². The van der Waals surface area contributed by atoms with E-state index in [1.807, 2.05) is 31.2 Å². The van der Waals surface area contributed by atoms with Gasteiger partial charge in [0, 0.05) is 26.3 Å². The molecule has 1 amide bonds. The van der Waals surface area contributed by atoms with Crippen molar-refractivity contribution in [2.24, 2.45) is 11.1 Å². The smallest absolute Gasteiger partial charge is 0.227 e. The summed E-state index contributed by atoms with van der Waals surface area (Å²) in [4.78, 5) is 12.4. The van der Waals surface area contributed by atoms with Crippen LogP contribution in [0.25, 0.3) is 0 Å².